The SMILES string of the molecule is CC(C)(c1nccs1)N1CCN2CCCC2C1. The Morgan fingerprint density at radius 2 is 2.24 bits per heavy atom. The Kier molecular flexibility index (Phi) is 2.97. The molecule has 3 nitrogen and oxygen atoms in total. The zero-order valence-corrected chi connectivity index (χ0v) is 11.5. The van der Waals surface area contributed by atoms with Crippen molar-refractivity contribution in [3.05, 3.63) is 16.6 Å². The van der Waals surface area contributed by atoms with E-state index in [4.69, 9.17) is 0 Å². The first-order valence-corrected chi connectivity index (χ1v) is 7.45. The number of aromatic nitrogens is 1. The first-order valence-electron chi connectivity index (χ1n) is 6.57. The molecule has 1 atom stereocenters. The second kappa shape index (κ2) is 4.34. The summed E-state index contributed by atoms with van der Waals surface area (Å²) in [6, 6.07) is 0.794. The fraction of sp³-hybridized carbons (Fsp3) is 0.769. The predicted octanol–water partition coefficient (Wildman–Crippen LogP) is 2.16. The van der Waals surface area contributed by atoms with Crippen LogP contribution in [0.15, 0.2) is 11.6 Å². The third kappa shape index (κ3) is 2.02. The van der Waals surface area contributed by atoms with Crippen molar-refractivity contribution in [2.75, 3.05) is 26.2 Å². The molecule has 3 heterocycles. The summed E-state index contributed by atoms with van der Waals surface area (Å²) in [5.74, 6) is 0. The summed E-state index contributed by atoms with van der Waals surface area (Å²) in [4.78, 5) is 9.80. The minimum atomic E-state index is 0.100. The molecule has 0 aliphatic carbocycles. The van der Waals surface area contributed by atoms with Gasteiger partial charge in [-0.3, -0.25) is 9.80 Å². The lowest BCUT2D eigenvalue weighted by molar-refractivity contribution is 0.0303. The number of nitrogens with zero attached hydrogens (tertiary/aromatic N) is 3. The topological polar surface area (TPSA) is 19.4 Å². The lowest BCUT2D eigenvalue weighted by Gasteiger charge is -2.45. The van der Waals surface area contributed by atoms with Gasteiger partial charge in [-0.1, -0.05) is 0 Å². The van der Waals surface area contributed by atoms with E-state index < -0.39 is 0 Å². The Hall–Kier alpha value is -0.450. The Morgan fingerprint density at radius 1 is 1.35 bits per heavy atom. The van der Waals surface area contributed by atoms with Gasteiger partial charge >= 0.3 is 0 Å². The summed E-state index contributed by atoms with van der Waals surface area (Å²) in [7, 11) is 0. The van der Waals surface area contributed by atoms with Gasteiger partial charge in [-0.2, -0.15) is 0 Å². The molecule has 1 unspecified atom stereocenters. The van der Waals surface area contributed by atoms with Crippen molar-refractivity contribution < 1.29 is 0 Å². The fourth-order valence-electron chi connectivity index (χ4n) is 3.16. The average Bonchev–Trinajstić information content (AvgIpc) is 2.99. The van der Waals surface area contributed by atoms with Crippen LogP contribution in [0.4, 0.5) is 0 Å². The number of hydrogen-bond acceptors (Lipinski definition) is 4. The van der Waals surface area contributed by atoms with Crippen LogP contribution < -0.4 is 0 Å². The molecule has 4 heteroatoms. The average molecular weight is 251 g/mol. The molecule has 0 saturated carbocycles. The van der Waals surface area contributed by atoms with E-state index in [1.165, 1.54) is 44.0 Å². The molecule has 2 fully saturated rings. The molecule has 0 amide bonds. The van der Waals surface area contributed by atoms with E-state index in [0.717, 1.165) is 6.04 Å². The molecule has 0 radical (unpaired) electrons. The van der Waals surface area contributed by atoms with Crippen molar-refractivity contribution in [3.8, 4) is 0 Å². The molecule has 0 spiro atoms. The van der Waals surface area contributed by atoms with Crippen LogP contribution in [-0.2, 0) is 5.54 Å². The van der Waals surface area contributed by atoms with Crippen molar-refractivity contribution in [1.29, 1.82) is 0 Å². The zero-order chi connectivity index (χ0) is 11.9. The van der Waals surface area contributed by atoms with Gasteiger partial charge in [-0.25, -0.2) is 4.98 Å². The van der Waals surface area contributed by atoms with Gasteiger partial charge in [0.05, 0.1) is 5.54 Å². The highest BCUT2D eigenvalue weighted by Gasteiger charge is 2.38. The van der Waals surface area contributed by atoms with Gasteiger partial charge < -0.3 is 0 Å². The minimum absolute atomic E-state index is 0.100. The second-order valence-electron chi connectivity index (χ2n) is 5.67. The van der Waals surface area contributed by atoms with Crippen molar-refractivity contribution in [2.45, 2.75) is 38.3 Å². The Balaban J connectivity index is 1.76. The maximum Gasteiger partial charge on any atom is 0.112 e. The smallest absolute Gasteiger partial charge is 0.112 e. The number of fused-ring (bicyclic) bond motifs is 1. The molecule has 3 rings (SSSR count). The summed E-state index contributed by atoms with van der Waals surface area (Å²) in [6.07, 6.45) is 4.69. The quantitative estimate of drug-likeness (QED) is 0.803. The van der Waals surface area contributed by atoms with Crippen LogP contribution in [0.3, 0.4) is 0 Å². The summed E-state index contributed by atoms with van der Waals surface area (Å²) in [5, 5.41) is 3.34. The predicted molar refractivity (Wildman–Crippen MR) is 71.3 cm³/mol. The van der Waals surface area contributed by atoms with Crippen LogP contribution in [0.5, 0.6) is 0 Å². The molecule has 2 aliphatic heterocycles. The molecular formula is C13H21N3S. The molecule has 94 valence electrons. The van der Waals surface area contributed by atoms with Gasteiger partial charge in [-0.15, -0.1) is 11.3 Å². The van der Waals surface area contributed by atoms with Crippen molar-refractivity contribution in [3.63, 3.8) is 0 Å². The molecule has 0 aromatic carbocycles. The number of rotatable bonds is 2. The van der Waals surface area contributed by atoms with E-state index in [1.807, 2.05) is 6.20 Å². The molecule has 2 saturated heterocycles. The van der Waals surface area contributed by atoms with E-state index in [0.29, 0.717) is 0 Å². The monoisotopic (exact) mass is 251 g/mol. The zero-order valence-electron chi connectivity index (χ0n) is 10.7. The summed E-state index contributed by atoms with van der Waals surface area (Å²) >= 11 is 1.78. The van der Waals surface area contributed by atoms with Crippen molar-refractivity contribution in [2.24, 2.45) is 0 Å². The molecule has 1 aromatic rings. The first kappa shape index (κ1) is 11.6. The number of piperazine rings is 1. The first-order chi connectivity index (χ1) is 8.18. The summed E-state index contributed by atoms with van der Waals surface area (Å²) in [6.45, 7) is 9.58. The largest absolute Gasteiger partial charge is 0.298 e. The summed E-state index contributed by atoms with van der Waals surface area (Å²) in [5.41, 5.74) is 0.100. The van der Waals surface area contributed by atoms with E-state index in [1.54, 1.807) is 11.3 Å². The van der Waals surface area contributed by atoms with E-state index in [2.05, 4.69) is 34.0 Å². The normalized spacial score (nSPS) is 27.3. The Morgan fingerprint density at radius 3 is 3.00 bits per heavy atom. The van der Waals surface area contributed by atoms with Crippen molar-refractivity contribution >= 4 is 11.3 Å². The lowest BCUT2D eigenvalue weighted by atomic mass is 10.0. The second-order valence-corrected chi connectivity index (χ2v) is 6.57. The standard InChI is InChI=1S/C13H21N3S/c1-13(2,12-14-5-9-17-12)16-8-7-15-6-3-4-11(15)10-16/h5,9,11H,3-4,6-8,10H2,1-2H3. The molecule has 2 aliphatic rings. The van der Waals surface area contributed by atoms with Crippen LogP contribution in [0.25, 0.3) is 0 Å². The van der Waals surface area contributed by atoms with Gasteiger partial charge in [-0.05, 0) is 33.2 Å². The van der Waals surface area contributed by atoms with Gasteiger partial charge in [0.25, 0.3) is 0 Å². The van der Waals surface area contributed by atoms with Crippen LogP contribution in [0.2, 0.25) is 0 Å². The lowest BCUT2D eigenvalue weighted by Crippen LogP contribution is -2.55. The Bertz CT molecular complexity index is 374. The van der Waals surface area contributed by atoms with Gasteiger partial charge in [0, 0.05) is 37.3 Å². The third-order valence-corrected chi connectivity index (χ3v) is 5.42. The summed E-state index contributed by atoms with van der Waals surface area (Å²) < 4.78 is 0. The van der Waals surface area contributed by atoms with Gasteiger partial charge in [0.2, 0.25) is 0 Å². The molecule has 1 aromatic heterocycles. The van der Waals surface area contributed by atoms with Crippen molar-refractivity contribution in [1.82, 2.24) is 14.8 Å². The maximum absolute atomic E-state index is 4.51. The highest BCUT2D eigenvalue weighted by Crippen LogP contribution is 2.33. The molecular weight excluding hydrogens is 230 g/mol. The maximum atomic E-state index is 4.51. The number of thiazole rings is 1. The Labute approximate surface area is 107 Å². The van der Waals surface area contributed by atoms with Crippen LogP contribution in [0, 0.1) is 0 Å². The van der Waals surface area contributed by atoms with E-state index >= 15 is 0 Å². The van der Waals surface area contributed by atoms with E-state index in [9.17, 15) is 0 Å². The minimum Gasteiger partial charge on any atom is -0.298 e. The number of hydrogen-bond donors (Lipinski definition) is 0. The molecule has 0 N–H and O–H groups in total. The molecule has 0 bridgehead atoms. The van der Waals surface area contributed by atoms with Crippen LogP contribution in [-0.4, -0.2) is 47.0 Å². The highest BCUT2D eigenvalue weighted by atomic mass is 32.1. The molecule has 17 heavy (non-hydrogen) atoms. The van der Waals surface area contributed by atoms with Crippen LogP contribution in [0.1, 0.15) is 31.7 Å². The van der Waals surface area contributed by atoms with Gasteiger partial charge in [0.1, 0.15) is 5.01 Å². The van der Waals surface area contributed by atoms with Gasteiger partial charge in [0.15, 0.2) is 0 Å². The fourth-order valence-corrected chi connectivity index (χ4v) is 3.95. The highest BCUT2D eigenvalue weighted by molar-refractivity contribution is 7.09. The third-order valence-electron chi connectivity index (χ3n) is 4.33. The van der Waals surface area contributed by atoms with E-state index in [-0.39, 0.29) is 5.54 Å². The van der Waals surface area contributed by atoms with Crippen LogP contribution >= 0.6 is 11.3 Å².